The third-order valence-electron chi connectivity index (χ3n) is 6.22. The molecule has 0 bridgehead atoms. The lowest BCUT2D eigenvalue weighted by atomic mass is 9.89. The first-order valence-corrected chi connectivity index (χ1v) is 12.1. The van der Waals surface area contributed by atoms with E-state index in [1.807, 2.05) is 36.4 Å². The summed E-state index contributed by atoms with van der Waals surface area (Å²) in [6.07, 6.45) is 0.692. The van der Waals surface area contributed by atoms with Gasteiger partial charge in [-0.3, -0.25) is 20.2 Å². The average Bonchev–Trinajstić information content (AvgIpc) is 2.81. The summed E-state index contributed by atoms with van der Waals surface area (Å²) in [4.78, 5) is 26.3. The van der Waals surface area contributed by atoms with Crippen molar-refractivity contribution in [2.75, 3.05) is 13.1 Å². The lowest BCUT2D eigenvalue weighted by molar-refractivity contribution is -0.125. The minimum Gasteiger partial charge on any atom is -0.355 e. The van der Waals surface area contributed by atoms with Crippen LogP contribution in [0.15, 0.2) is 60.7 Å². The van der Waals surface area contributed by atoms with E-state index in [-0.39, 0.29) is 47.8 Å². The van der Waals surface area contributed by atoms with Crippen molar-refractivity contribution in [3.63, 3.8) is 0 Å². The first kappa shape index (κ1) is 24.9. The zero-order chi connectivity index (χ0) is 23.8. The molecule has 2 amide bonds. The summed E-state index contributed by atoms with van der Waals surface area (Å²) in [5, 5.41) is 13.5. The quantitative estimate of drug-likeness (QED) is 0.576. The summed E-state index contributed by atoms with van der Waals surface area (Å²) in [5.74, 6) is 0.171. The molecule has 1 saturated heterocycles. The fraction of sp³-hybridized carbons (Fsp3) is 0.481. The van der Waals surface area contributed by atoms with E-state index in [4.69, 9.17) is 0 Å². The Morgan fingerprint density at radius 3 is 1.33 bits per heavy atom. The highest BCUT2D eigenvalue weighted by molar-refractivity contribution is 5.83. The Morgan fingerprint density at radius 2 is 1.00 bits per heavy atom. The fourth-order valence-corrected chi connectivity index (χ4v) is 4.35. The van der Waals surface area contributed by atoms with Crippen LogP contribution in [-0.2, 0) is 9.59 Å². The van der Waals surface area contributed by atoms with Gasteiger partial charge < -0.3 is 10.6 Å². The molecule has 2 aromatic carbocycles. The lowest BCUT2D eigenvalue weighted by Crippen LogP contribution is -2.53. The van der Waals surface area contributed by atoms with Crippen LogP contribution in [0.5, 0.6) is 0 Å². The Bertz CT molecular complexity index is 812. The topological polar surface area (TPSA) is 82.3 Å². The van der Waals surface area contributed by atoms with Crippen LogP contribution in [0.4, 0.5) is 0 Å². The van der Waals surface area contributed by atoms with E-state index in [0.717, 1.165) is 11.1 Å². The molecule has 2 aromatic rings. The number of carbonyl (C=O) groups is 2. The predicted octanol–water partition coefficient (Wildman–Crippen LogP) is 3.33. The second-order valence-electron chi connectivity index (χ2n) is 9.49. The van der Waals surface area contributed by atoms with Gasteiger partial charge in [0.1, 0.15) is 0 Å². The molecule has 1 aliphatic heterocycles. The van der Waals surface area contributed by atoms with Gasteiger partial charge in [0.2, 0.25) is 11.8 Å². The molecule has 0 saturated carbocycles. The summed E-state index contributed by atoms with van der Waals surface area (Å²) in [5.41, 5.74) is 2.13. The van der Waals surface area contributed by atoms with Gasteiger partial charge in [0.05, 0.1) is 24.2 Å². The molecule has 6 nitrogen and oxygen atoms in total. The number of nitrogens with one attached hydrogen (secondary N) is 4. The van der Waals surface area contributed by atoms with Crippen molar-refractivity contribution in [2.24, 2.45) is 11.8 Å². The molecule has 0 unspecified atom stereocenters. The van der Waals surface area contributed by atoms with Crippen molar-refractivity contribution in [3.05, 3.63) is 71.8 Å². The average molecular weight is 451 g/mol. The summed E-state index contributed by atoms with van der Waals surface area (Å²) in [6.45, 7) is 9.30. The number of rotatable bonds is 4. The van der Waals surface area contributed by atoms with Gasteiger partial charge in [-0.1, -0.05) is 88.4 Å². The maximum atomic E-state index is 13.1. The van der Waals surface area contributed by atoms with Gasteiger partial charge in [-0.2, -0.15) is 0 Å². The van der Waals surface area contributed by atoms with Crippen LogP contribution in [0.3, 0.4) is 0 Å². The molecule has 1 fully saturated rings. The third-order valence-corrected chi connectivity index (χ3v) is 6.22. The zero-order valence-corrected chi connectivity index (χ0v) is 20.2. The monoisotopic (exact) mass is 450 g/mol. The van der Waals surface area contributed by atoms with Crippen LogP contribution >= 0.6 is 0 Å². The molecule has 178 valence electrons. The van der Waals surface area contributed by atoms with E-state index < -0.39 is 0 Å². The Labute approximate surface area is 197 Å². The van der Waals surface area contributed by atoms with Gasteiger partial charge in [0, 0.05) is 13.1 Å². The minimum atomic E-state index is -0.370. The van der Waals surface area contributed by atoms with Gasteiger partial charge in [-0.25, -0.2) is 0 Å². The number of amides is 2. The third kappa shape index (κ3) is 6.65. The molecule has 0 radical (unpaired) electrons. The van der Waals surface area contributed by atoms with Crippen LogP contribution in [0.2, 0.25) is 0 Å². The molecule has 33 heavy (non-hydrogen) atoms. The van der Waals surface area contributed by atoms with E-state index in [9.17, 15) is 9.59 Å². The van der Waals surface area contributed by atoms with Gasteiger partial charge in [0.25, 0.3) is 0 Å². The van der Waals surface area contributed by atoms with Gasteiger partial charge >= 0.3 is 0 Å². The maximum absolute atomic E-state index is 13.1. The van der Waals surface area contributed by atoms with Crippen LogP contribution in [0.1, 0.15) is 57.3 Å². The number of carbonyl (C=O) groups excluding carboxylic acids is 2. The number of hydrogen-bond donors (Lipinski definition) is 4. The molecule has 6 heteroatoms. The van der Waals surface area contributed by atoms with Crippen LogP contribution in [0, 0.1) is 11.8 Å². The largest absolute Gasteiger partial charge is 0.355 e. The number of benzene rings is 2. The Hall–Kier alpha value is -2.70. The summed E-state index contributed by atoms with van der Waals surface area (Å²) in [6, 6.07) is 19.2. The molecule has 4 N–H and O–H groups in total. The van der Waals surface area contributed by atoms with Crippen LogP contribution < -0.4 is 21.3 Å². The van der Waals surface area contributed by atoms with Crippen LogP contribution in [0.25, 0.3) is 0 Å². The first-order valence-electron chi connectivity index (χ1n) is 12.1. The highest BCUT2D eigenvalue weighted by Crippen LogP contribution is 2.31. The molecule has 1 heterocycles. The zero-order valence-electron chi connectivity index (χ0n) is 20.2. The number of hydrogen-bond acceptors (Lipinski definition) is 4. The standard InChI is InChI=1S/C27H38N4O2/c1-18(2)22-26(32)28-16-11-17-29-27(33)23(19(3)4)31-25(21-14-9-6-10-15-21)24(30-22)20-12-7-5-8-13-20/h5-10,12-15,18-19,22-25,30-31H,11,16-17H2,1-4H3,(H,28,32)(H,29,33)/t22-,23-,24+,25+/m0/s1. The predicted molar refractivity (Wildman–Crippen MR) is 133 cm³/mol. The molecule has 3 rings (SSSR count). The Balaban J connectivity index is 2.12. The smallest absolute Gasteiger partial charge is 0.237 e. The van der Waals surface area contributed by atoms with E-state index in [1.54, 1.807) is 0 Å². The van der Waals surface area contributed by atoms with Crippen molar-refractivity contribution < 1.29 is 9.59 Å². The molecular weight excluding hydrogens is 412 g/mol. The lowest BCUT2D eigenvalue weighted by Gasteiger charge is -2.36. The second-order valence-corrected chi connectivity index (χ2v) is 9.49. The van der Waals surface area contributed by atoms with E-state index in [0.29, 0.717) is 19.5 Å². The van der Waals surface area contributed by atoms with Gasteiger partial charge in [-0.15, -0.1) is 0 Å². The second kappa shape index (κ2) is 12.0. The maximum Gasteiger partial charge on any atom is 0.237 e. The summed E-state index contributed by atoms with van der Waals surface area (Å²) < 4.78 is 0. The molecule has 4 atom stereocenters. The van der Waals surface area contributed by atoms with Crippen molar-refractivity contribution >= 4 is 11.8 Å². The normalized spacial score (nSPS) is 25.5. The van der Waals surface area contributed by atoms with Gasteiger partial charge in [0.15, 0.2) is 0 Å². The Morgan fingerprint density at radius 1 is 0.636 bits per heavy atom. The highest BCUT2D eigenvalue weighted by Gasteiger charge is 2.35. The van der Waals surface area contributed by atoms with E-state index >= 15 is 0 Å². The summed E-state index contributed by atoms with van der Waals surface area (Å²) in [7, 11) is 0. The summed E-state index contributed by atoms with van der Waals surface area (Å²) >= 11 is 0. The minimum absolute atomic E-state index is 0.0104. The SMILES string of the molecule is CC(C)[C@@H]1N[C@H](c2ccccc2)[C@@H](c2ccccc2)N[C@@H](C(C)C)C(=O)NCCCNC1=O. The van der Waals surface area contributed by atoms with Gasteiger partial charge in [-0.05, 0) is 29.4 Å². The van der Waals surface area contributed by atoms with E-state index in [2.05, 4.69) is 73.2 Å². The first-order chi connectivity index (χ1) is 15.9. The molecule has 0 aromatic heterocycles. The fourth-order valence-electron chi connectivity index (χ4n) is 4.35. The molecular formula is C27H38N4O2. The molecule has 0 aliphatic carbocycles. The van der Waals surface area contributed by atoms with Crippen molar-refractivity contribution in [2.45, 2.75) is 58.3 Å². The van der Waals surface area contributed by atoms with E-state index in [1.165, 1.54) is 0 Å². The molecule has 1 aliphatic rings. The Kier molecular flexibility index (Phi) is 9.03. The molecule has 0 spiro atoms. The van der Waals surface area contributed by atoms with Crippen molar-refractivity contribution in [3.8, 4) is 0 Å². The highest BCUT2D eigenvalue weighted by atomic mass is 16.2. The van der Waals surface area contributed by atoms with Crippen molar-refractivity contribution in [1.82, 2.24) is 21.3 Å². The van der Waals surface area contributed by atoms with Crippen molar-refractivity contribution in [1.29, 1.82) is 0 Å². The van der Waals surface area contributed by atoms with Crippen LogP contribution in [-0.4, -0.2) is 37.0 Å².